The van der Waals surface area contributed by atoms with E-state index in [1.165, 1.54) is 19.0 Å². The molecule has 7 heteroatoms. The predicted molar refractivity (Wildman–Crippen MR) is 119 cm³/mol. The lowest BCUT2D eigenvalue weighted by molar-refractivity contribution is 0.0949. The van der Waals surface area contributed by atoms with E-state index < -0.39 is 0 Å². The summed E-state index contributed by atoms with van der Waals surface area (Å²) >= 11 is 1.78. The monoisotopic (exact) mass is 413 g/mol. The molecule has 1 aliphatic rings. The lowest BCUT2D eigenvalue weighted by atomic mass is 10.0. The van der Waals surface area contributed by atoms with Crippen LogP contribution in [0.2, 0.25) is 0 Å². The maximum atomic E-state index is 12.9. The number of amides is 1. The van der Waals surface area contributed by atoms with E-state index in [0.717, 1.165) is 47.4 Å². The second kappa shape index (κ2) is 9.98. The molecule has 0 saturated carbocycles. The summed E-state index contributed by atoms with van der Waals surface area (Å²) in [6, 6.07) is 7.67. The van der Waals surface area contributed by atoms with Gasteiger partial charge in [-0.15, -0.1) is 0 Å². The molecule has 1 amide bonds. The molecule has 156 valence electrons. The third-order valence-corrected chi connectivity index (χ3v) is 6.71. The minimum Gasteiger partial charge on any atom is -0.404 e. The van der Waals surface area contributed by atoms with Crippen molar-refractivity contribution in [2.45, 2.75) is 45.1 Å². The Hall–Kier alpha value is -2.25. The predicted octanol–water partition coefficient (Wildman–Crippen LogP) is 3.68. The highest BCUT2D eigenvalue weighted by atomic mass is 32.2. The first-order valence-electron chi connectivity index (χ1n) is 10.3. The van der Waals surface area contributed by atoms with E-state index in [4.69, 9.17) is 5.73 Å². The zero-order valence-electron chi connectivity index (χ0n) is 17.5. The fourth-order valence-corrected chi connectivity index (χ4v) is 4.66. The highest BCUT2D eigenvalue weighted by Gasteiger charge is 2.22. The highest BCUT2D eigenvalue weighted by molar-refractivity contribution is 7.97. The first kappa shape index (κ1) is 21.5. The van der Waals surface area contributed by atoms with Crippen LogP contribution in [0.5, 0.6) is 0 Å². The van der Waals surface area contributed by atoms with E-state index in [2.05, 4.69) is 39.9 Å². The first-order chi connectivity index (χ1) is 14.0. The van der Waals surface area contributed by atoms with E-state index in [1.807, 2.05) is 24.3 Å². The zero-order valence-corrected chi connectivity index (χ0v) is 18.3. The summed E-state index contributed by atoms with van der Waals surface area (Å²) in [7, 11) is 0. The zero-order chi connectivity index (χ0) is 20.8. The van der Waals surface area contributed by atoms with Gasteiger partial charge in [-0.3, -0.25) is 9.78 Å². The number of nitrogens with two attached hydrogens (primary N) is 1. The van der Waals surface area contributed by atoms with Crippen LogP contribution in [-0.2, 0) is 6.54 Å². The SMILES string of the molecule is CCn1c(C(=O)NC/C(=C/N)c2ccccn2)cc(SN2CCC(C)CC2)c1C. The minimum absolute atomic E-state index is 0.0932. The van der Waals surface area contributed by atoms with Gasteiger partial charge in [-0.2, -0.15) is 0 Å². The summed E-state index contributed by atoms with van der Waals surface area (Å²) < 4.78 is 4.50. The molecule has 3 heterocycles. The van der Waals surface area contributed by atoms with Crippen molar-refractivity contribution in [2.24, 2.45) is 11.7 Å². The molecule has 0 atom stereocenters. The van der Waals surface area contributed by atoms with E-state index in [1.54, 1.807) is 18.1 Å². The molecule has 0 aromatic carbocycles. The van der Waals surface area contributed by atoms with Crippen LogP contribution >= 0.6 is 11.9 Å². The smallest absolute Gasteiger partial charge is 0.268 e. The van der Waals surface area contributed by atoms with Crippen molar-refractivity contribution < 1.29 is 4.79 Å². The molecule has 1 fully saturated rings. The number of nitrogens with one attached hydrogen (secondary N) is 1. The molecule has 2 aromatic rings. The van der Waals surface area contributed by atoms with Crippen molar-refractivity contribution in [2.75, 3.05) is 19.6 Å². The number of aromatic nitrogens is 2. The molecule has 29 heavy (non-hydrogen) atoms. The molecule has 2 aromatic heterocycles. The van der Waals surface area contributed by atoms with Crippen LogP contribution in [0.1, 0.15) is 48.6 Å². The van der Waals surface area contributed by atoms with E-state index >= 15 is 0 Å². The Bertz CT molecular complexity index is 854. The summed E-state index contributed by atoms with van der Waals surface area (Å²) in [5.41, 5.74) is 9.15. The van der Waals surface area contributed by atoms with Gasteiger partial charge in [0.05, 0.1) is 5.69 Å². The molecule has 1 aliphatic heterocycles. The average molecular weight is 414 g/mol. The van der Waals surface area contributed by atoms with Crippen LogP contribution in [0.3, 0.4) is 0 Å². The number of piperidine rings is 1. The van der Waals surface area contributed by atoms with E-state index in [9.17, 15) is 4.79 Å². The number of pyridine rings is 1. The van der Waals surface area contributed by atoms with Crippen LogP contribution in [0.4, 0.5) is 0 Å². The third kappa shape index (κ3) is 5.22. The van der Waals surface area contributed by atoms with Crippen LogP contribution < -0.4 is 11.1 Å². The van der Waals surface area contributed by atoms with Crippen LogP contribution in [0.25, 0.3) is 5.57 Å². The quantitative estimate of drug-likeness (QED) is 0.677. The minimum atomic E-state index is -0.0932. The fraction of sp³-hybridized carbons (Fsp3) is 0.455. The van der Waals surface area contributed by atoms with Crippen molar-refractivity contribution in [3.63, 3.8) is 0 Å². The second-order valence-electron chi connectivity index (χ2n) is 7.52. The number of rotatable bonds is 7. The molecule has 0 radical (unpaired) electrons. The Balaban J connectivity index is 1.69. The van der Waals surface area contributed by atoms with Crippen molar-refractivity contribution in [1.82, 2.24) is 19.2 Å². The van der Waals surface area contributed by atoms with Gasteiger partial charge >= 0.3 is 0 Å². The lowest BCUT2D eigenvalue weighted by Crippen LogP contribution is -2.28. The molecule has 1 saturated heterocycles. The Morgan fingerprint density at radius 1 is 1.38 bits per heavy atom. The largest absolute Gasteiger partial charge is 0.404 e. The summed E-state index contributed by atoms with van der Waals surface area (Å²) in [6.45, 7) is 9.77. The number of hydrogen-bond acceptors (Lipinski definition) is 5. The number of carbonyl (C=O) groups excluding carboxylic acids is 1. The Morgan fingerprint density at radius 2 is 2.14 bits per heavy atom. The molecule has 0 aliphatic carbocycles. The number of nitrogens with zero attached hydrogens (tertiary/aromatic N) is 3. The van der Waals surface area contributed by atoms with Gasteiger partial charge in [-0.25, -0.2) is 4.31 Å². The first-order valence-corrected chi connectivity index (χ1v) is 11.0. The Morgan fingerprint density at radius 3 is 2.76 bits per heavy atom. The Kier molecular flexibility index (Phi) is 7.39. The lowest BCUT2D eigenvalue weighted by Gasteiger charge is -2.28. The normalized spacial score (nSPS) is 16.2. The molecular formula is C22H31N5OS. The van der Waals surface area contributed by atoms with Gasteiger partial charge in [-0.1, -0.05) is 13.0 Å². The summed E-state index contributed by atoms with van der Waals surface area (Å²) in [5.74, 6) is 0.711. The van der Waals surface area contributed by atoms with Gasteiger partial charge in [0, 0.05) is 54.7 Å². The van der Waals surface area contributed by atoms with E-state index in [-0.39, 0.29) is 5.91 Å². The van der Waals surface area contributed by atoms with Gasteiger partial charge in [-0.05, 0) is 62.8 Å². The van der Waals surface area contributed by atoms with Crippen molar-refractivity contribution >= 4 is 23.4 Å². The van der Waals surface area contributed by atoms with Crippen molar-refractivity contribution in [3.8, 4) is 0 Å². The van der Waals surface area contributed by atoms with Gasteiger partial charge in [0.1, 0.15) is 5.69 Å². The summed E-state index contributed by atoms with van der Waals surface area (Å²) in [5, 5.41) is 3.00. The van der Waals surface area contributed by atoms with Gasteiger partial charge < -0.3 is 15.6 Å². The molecule has 6 nitrogen and oxygen atoms in total. The molecule has 3 N–H and O–H groups in total. The van der Waals surface area contributed by atoms with Crippen LogP contribution in [0, 0.1) is 12.8 Å². The summed E-state index contributed by atoms with van der Waals surface area (Å²) in [4.78, 5) is 18.4. The maximum Gasteiger partial charge on any atom is 0.268 e. The Labute approximate surface area is 177 Å². The molecule has 3 rings (SSSR count). The van der Waals surface area contributed by atoms with E-state index in [0.29, 0.717) is 12.2 Å². The average Bonchev–Trinajstić information content (AvgIpc) is 3.06. The second-order valence-corrected chi connectivity index (χ2v) is 8.65. The molecule has 0 bridgehead atoms. The standard InChI is InChI=1S/C22H31N5OS/c1-4-27-17(3)21(29-26-11-8-16(2)9-12-26)13-20(27)22(28)25-15-18(14-23)19-7-5-6-10-24-19/h5-7,10,13-14,16H,4,8-9,11-12,15,23H2,1-3H3,(H,25,28)/b18-14-. The molecular weight excluding hydrogens is 382 g/mol. The van der Waals surface area contributed by atoms with Gasteiger partial charge in [0.15, 0.2) is 0 Å². The highest BCUT2D eigenvalue weighted by Crippen LogP contribution is 2.32. The molecule has 0 spiro atoms. The fourth-order valence-electron chi connectivity index (χ4n) is 3.58. The van der Waals surface area contributed by atoms with Crippen molar-refractivity contribution in [3.05, 3.63) is 53.7 Å². The van der Waals surface area contributed by atoms with Crippen LogP contribution in [-0.4, -0.2) is 39.4 Å². The maximum absolute atomic E-state index is 12.9. The topological polar surface area (TPSA) is 76.2 Å². The summed E-state index contributed by atoms with van der Waals surface area (Å²) in [6.07, 6.45) is 5.69. The molecule has 0 unspecified atom stereocenters. The number of hydrogen-bond donors (Lipinski definition) is 2. The van der Waals surface area contributed by atoms with Crippen LogP contribution in [0.15, 0.2) is 41.6 Å². The van der Waals surface area contributed by atoms with Crippen molar-refractivity contribution in [1.29, 1.82) is 0 Å². The number of carbonyl (C=O) groups is 1. The van der Waals surface area contributed by atoms with Gasteiger partial charge in [0.25, 0.3) is 5.91 Å². The van der Waals surface area contributed by atoms with Gasteiger partial charge in [0.2, 0.25) is 0 Å². The third-order valence-electron chi connectivity index (χ3n) is 5.47.